The van der Waals surface area contributed by atoms with E-state index in [0.717, 1.165) is 4.31 Å². The van der Waals surface area contributed by atoms with Crippen LogP contribution < -0.4 is 28.6 Å². The van der Waals surface area contributed by atoms with Crippen molar-refractivity contribution in [1.82, 2.24) is 0 Å². The summed E-state index contributed by atoms with van der Waals surface area (Å²) >= 11 is 0. The highest BCUT2D eigenvalue weighted by Crippen LogP contribution is 2.37. The number of carbonyl (C=O) groups is 1. The molecule has 1 N–H and O–H groups in total. The van der Waals surface area contributed by atoms with Crippen molar-refractivity contribution in [3.8, 4) is 23.0 Å². The Morgan fingerprint density at radius 1 is 0.794 bits per heavy atom. The van der Waals surface area contributed by atoms with Crippen LogP contribution in [0.1, 0.15) is 0 Å². The third-order valence-electron chi connectivity index (χ3n) is 4.94. The van der Waals surface area contributed by atoms with E-state index < -0.39 is 22.5 Å². The molecule has 180 valence electrons. The standard InChI is InChI=1S/C24H26N2O7S/c1-30-18-10-12-21(31-2)20(14-18)26(16-24(27)25-17-8-6-5-7-9-17)34(28,29)19-11-13-22(32-3)23(15-19)33-4/h5-15H,16H2,1-4H3,(H,25,27). The molecule has 9 nitrogen and oxygen atoms in total. The first-order chi connectivity index (χ1) is 16.3. The van der Waals surface area contributed by atoms with Gasteiger partial charge in [-0.1, -0.05) is 18.2 Å². The van der Waals surface area contributed by atoms with Crippen LogP contribution in [0, 0.1) is 0 Å². The van der Waals surface area contributed by atoms with E-state index in [1.165, 1.54) is 52.7 Å². The second-order valence-electron chi connectivity index (χ2n) is 6.98. The van der Waals surface area contributed by atoms with Crippen LogP contribution in [-0.2, 0) is 14.8 Å². The quantitative estimate of drug-likeness (QED) is 0.467. The van der Waals surface area contributed by atoms with Gasteiger partial charge < -0.3 is 24.3 Å². The number of ether oxygens (including phenoxy) is 4. The average Bonchev–Trinajstić information content (AvgIpc) is 2.86. The van der Waals surface area contributed by atoms with Gasteiger partial charge in [0.25, 0.3) is 10.0 Å². The van der Waals surface area contributed by atoms with Crippen molar-refractivity contribution >= 4 is 27.3 Å². The Morgan fingerprint density at radius 3 is 2.06 bits per heavy atom. The molecule has 0 bridgehead atoms. The fourth-order valence-electron chi connectivity index (χ4n) is 3.25. The van der Waals surface area contributed by atoms with E-state index in [4.69, 9.17) is 18.9 Å². The summed E-state index contributed by atoms with van der Waals surface area (Å²) in [5.41, 5.74) is 0.674. The smallest absolute Gasteiger partial charge is 0.265 e. The first kappa shape index (κ1) is 24.7. The highest BCUT2D eigenvalue weighted by molar-refractivity contribution is 7.92. The predicted molar refractivity (Wildman–Crippen MR) is 129 cm³/mol. The topological polar surface area (TPSA) is 103 Å². The minimum atomic E-state index is -4.26. The molecule has 3 rings (SSSR count). The molecular formula is C24H26N2O7S. The van der Waals surface area contributed by atoms with E-state index in [0.29, 0.717) is 17.2 Å². The minimum absolute atomic E-state index is 0.0949. The van der Waals surface area contributed by atoms with Gasteiger partial charge in [-0.15, -0.1) is 0 Å². The normalized spacial score (nSPS) is 10.8. The molecule has 3 aromatic rings. The van der Waals surface area contributed by atoms with Crippen molar-refractivity contribution in [2.75, 3.05) is 44.6 Å². The Bertz CT molecular complexity index is 1250. The summed E-state index contributed by atoms with van der Waals surface area (Å²) in [4.78, 5) is 12.8. The van der Waals surface area contributed by atoms with Crippen LogP contribution in [-0.4, -0.2) is 49.3 Å². The van der Waals surface area contributed by atoms with Gasteiger partial charge >= 0.3 is 0 Å². The zero-order valence-electron chi connectivity index (χ0n) is 19.3. The van der Waals surface area contributed by atoms with E-state index in [1.807, 2.05) is 6.07 Å². The third kappa shape index (κ3) is 5.34. The molecule has 0 heterocycles. The number of methoxy groups -OCH3 is 4. The van der Waals surface area contributed by atoms with Crippen LogP contribution in [0.25, 0.3) is 0 Å². The number of carbonyl (C=O) groups excluding carboxylic acids is 1. The summed E-state index contributed by atoms with van der Waals surface area (Å²) < 4.78 is 49.7. The summed E-state index contributed by atoms with van der Waals surface area (Å²) in [6.07, 6.45) is 0. The van der Waals surface area contributed by atoms with Crippen LogP contribution in [0.2, 0.25) is 0 Å². The van der Waals surface area contributed by atoms with Gasteiger partial charge in [-0.2, -0.15) is 0 Å². The number of nitrogens with one attached hydrogen (secondary N) is 1. The Labute approximate surface area is 198 Å². The van der Waals surface area contributed by atoms with Crippen molar-refractivity contribution in [3.05, 3.63) is 66.7 Å². The predicted octanol–water partition coefficient (Wildman–Crippen LogP) is 3.56. The zero-order valence-corrected chi connectivity index (χ0v) is 20.1. The fraction of sp³-hybridized carbons (Fsp3) is 0.208. The van der Waals surface area contributed by atoms with Gasteiger partial charge in [0.15, 0.2) is 11.5 Å². The Morgan fingerprint density at radius 2 is 1.44 bits per heavy atom. The molecule has 0 aliphatic heterocycles. The molecule has 0 saturated carbocycles. The van der Waals surface area contributed by atoms with Crippen molar-refractivity contribution < 1.29 is 32.2 Å². The lowest BCUT2D eigenvalue weighted by Crippen LogP contribution is -2.38. The second kappa shape index (κ2) is 10.8. The van der Waals surface area contributed by atoms with Gasteiger partial charge in [0.2, 0.25) is 5.91 Å². The number of sulfonamides is 1. The number of hydrogen-bond acceptors (Lipinski definition) is 7. The molecule has 0 aliphatic rings. The van der Waals surface area contributed by atoms with Gasteiger partial charge in [-0.3, -0.25) is 9.10 Å². The number of nitrogens with zero attached hydrogens (tertiary/aromatic N) is 1. The average molecular weight is 487 g/mol. The molecular weight excluding hydrogens is 460 g/mol. The number of benzene rings is 3. The van der Waals surface area contributed by atoms with Crippen LogP contribution >= 0.6 is 0 Å². The fourth-order valence-corrected chi connectivity index (χ4v) is 4.69. The molecule has 0 spiro atoms. The zero-order chi connectivity index (χ0) is 24.7. The van der Waals surface area contributed by atoms with E-state index in [-0.39, 0.29) is 22.1 Å². The van der Waals surface area contributed by atoms with Gasteiger partial charge in [0, 0.05) is 17.8 Å². The largest absolute Gasteiger partial charge is 0.497 e. The summed E-state index contributed by atoms with van der Waals surface area (Å²) in [6.45, 7) is -0.519. The molecule has 0 atom stereocenters. The van der Waals surface area contributed by atoms with Crippen LogP contribution in [0.5, 0.6) is 23.0 Å². The molecule has 0 fully saturated rings. The lowest BCUT2D eigenvalue weighted by Gasteiger charge is -2.26. The summed E-state index contributed by atoms with van der Waals surface area (Å²) in [6, 6.07) is 17.6. The maximum absolute atomic E-state index is 13.8. The number of anilines is 2. The number of rotatable bonds is 10. The summed E-state index contributed by atoms with van der Waals surface area (Å²) in [5.74, 6) is 0.702. The number of amides is 1. The van der Waals surface area contributed by atoms with E-state index in [2.05, 4.69) is 5.32 Å². The van der Waals surface area contributed by atoms with Gasteiger partial charge in [0.1, 0.15) is 18.0 Å². The molecule has 10 heteroatoms. The van der Waals surface area contributed by atoms with E-state index in [1.54, 1.807) is 36.4 Å². The number of hydrogen-bond donors (Lipinski definition) is 1. The van der Waals surface area contributed by atoms with Gasteiger partial charge in [0.05, 0.1) is 39.0 Å². The van der Waals surface area contributed by atoms with Crippen LogP contribution in [0.3, 0.4) is 0 Å². The number of para-hydroxylation sites is 1. The monoisotopic (exact) mass is 486 g/mol. The maximum Gasteiger partial charge on any atom is 0.265 e. The summed E-state index contributed by atoms with van der Waals surface area (Å²) in [7, 11) is 1.48. The van der Waals surface area contributed by atoms with Crippen LogP contribution in [0.4, 0.5) is 11.4 Å². The van der Waals surface area contributed by atoms with E-state index in [9.17, 15) is 13.2 Å². The first-order valence-corrected chi connectivity index (χ1v) is 11.6. The van der Waals surface area contributed by atoms with E-state index >= 15 is 0 Å². The lowest BCUT2D eigenvalue weighted by atomic mass is 10.2. The second-order valence-corrected chi connectivity index (χ2v) is 8.84. The molecule has 1 amide bonds. The lowest BCUT2D eigenvalue weighted by molar-refractivity contribution is -0.114. The first-order valence-electron chi connectivity index (χ1n) is 10.2. The highest BCUT2D eigenvalue weighted by atomic mass is 32.2. The molecule has 0 unspecified atom stereocenters. The van der Waals surface area contributed by atoms with Gasteiger partial charge in [-0.05, 0) is 36.4 Å². The Hall–Kier alpha value is -3.92. The molecule has 0 radical (unpaired) electrons. The molecule has 34 heavy (non-hydrogen) atoms. The highest BCUT2D eigenvalue weighted by Gasteiger charge is 2.31. The molecule has 0 aliphatic carbocycles. The van der Waals surface area contributed by atoms with Crippen molar-refractivity contribution in [2.45, 2.75) is 4.90 Å². The van der Waals surface area contributed by atoms with Crippen LogP contribution in [0.15, 0.2) is 71.6 Å². The Balaban J connectivity index is 2.10. The summed E-state index contributed by atoms with van der Waals surface area (Å²) in [5, 5.41) is 2.71. The third-order valence-corrected chi connectivity index (χ3v) is 6.70. The Kier molecular flexibility index (Phi) is 7.85. The molecule has 0 saturated heterocycles. The van der Waals surface area contributed by atoms with Crippen molar-refractivity contribution in [1.29, 1.82) is 0 Å². The molecule has 3 aromatic carbocycles. The molecule has 0 aromatic heterocycles. The van der Waals surface area contributed by atoms with Crippen molar-refractivity contribution in [2.24, 2.45) is 0 Å². The van der Waals surface area contributed by atoms with Gasteiger partial charge in [-0.25, -0.2) is 8.42 Å². The maximum atomic E-state index is 13.8. The van der Waals surface area contributed by atoms with Crippen molar-refractivity contribution in [3.63, 3.8) is 0 Å². The minimum Gasteiger partial charge on any atom is -0.497 e. The SMILES string of the molecule is COc1ccc(OC)c(N(CC(=O)Nc2ccccc2)S(=O)(=O)c2ccc(OC)c(OC)c2)c1.